The molecule has 1 aliphatic heterocycles. The van der Waals surface area contributed by atoms with Crippen LogP contribution >= 0.6 is 22.7 Å². The Hall–Kier alpha value is -1.90. The average molecular weight is 300 g/mol. The normalized spacial score (nSPS) is 22.5. The topological polar surface area (TPSA) is 52.9 Å². The zero-order valence-corrected chi connectivity index (χ0v) is 12.5. The van der Waals surface area contributed by atoms with Gasteiger partial charge in [-0.25, -0.2) is 0 Å². The number of nitriles is 1. The molecule has 20 heavy (non-hydrogen) atoms. The van der Waals surface area contributed by atoms with Crippen LogP contribution in [0.5, 0.6) is 0 Å². The van der Waals surface area contributed by atoms with Gasteiger partial charge in [0.15, 0.2) is 0 Å². The molecule has 1 atom stereocenters. The number of carbonyl (C=O) groups excluding carboxylic acids is 1. The second-order valence-corrected chi connectivity index (χ2v) is 6.78. The SMILES string of the molecule is C[C@]1(c2cccs2)CC(c2cccs2)=C(C#N)C(=O)N1. The second-order valence-electron chi connectivity index (χ2n) is 4.88. The summed E-state index contributed by atoms with van der Waals surface area (Å²) in [5.74, 6) is -0.280. The van der Waals surface area contributed by atoms with Crippen molar-refractivity contribution in [1.82, 2.24) is 5.32 Å². The fraction of sp³-hybridized carbons (Fsp3) is 0.200. The second kappa shape index (κ2) is 4.89. The summed E-state index contributed by atoms with van der Waals surface area (Å²) in [6, 6.07) is 9.96. The summed E-state index contributed by atoms with van der Waals surface area (Å²) in [4.78, 5) is 14.4. The summed E-state index contributed by atoms with van der Waals surface area (Å²) >= 11 is 3.18. The van der Waals surface area contributed by atoms with Gasteiger partial charge in [0.25, 0.3) is 5.91 Å². The molecular weight excluding hydrogens is 288 g/mol. The van der Waals surface area contributed by atoms with Crippen LogP contribution < -0.4 is 5.32 Å². The molecule has 0 aromatic carbocycles. The first kappa shape index (κ1) is 13.1. The molecule has 0 saturated heterocycles. The fourth-order valence-corrected chi connectivity index (χ4v) is 4.08. The van der Waals surface area contributed by atoms with Gasteiger partial charge in [-0.15, -0.1) is 22.7 Å². The van der Waals surface area contributed by atoms with Crippen LogP contribution in [0.2, 0.25) is 0 Å². The van der Waals surface area contributed by atoms with E-state index < -0.39 is 5.54 Å². The van der Waals surface area contributed by atoms with Gasteiger partial charge >= 0.3 is 0 Å². The van der Waals surface area contributed by atoms with Crippen molar-refractivity contribution >= 4 is 34.2 Å². The Morgan fingerprint density at radius 3 is 2.65 bits per heavy atom. The molecule has 2 aromatic rings. The van der Waals surface area contributed by atoms with Gasteiger partial charge in [-0.1, -0.05) is 12.1 Å². The van der Waals surface area contributed by atoms with Crippen LogP contribution in [0.25, 0.3) is 5.57 Å². The van der Waals surface area contributed by atoms with Crippen LogP contribution in [-0.4, -0.2) is 5.91 Å². The average Bonchev–Trinajstić information content (AvgIpc) is 3.12. The fourth-order valence-electron chi connectivity index (χ4n) is 2.46. The Kier molecular flexibility index (Phi) is 3.20. The predicted octanol–water partition coefficient (Wildman–Crippen LogP) is 3.52. The maximum Gasteiger partial charge on any atom is 0.262 e. The number of nitrogens with zero attached hydrogens (tertiary/aromatic N) is 1. The van der Waals surface area contributed by atoms with E-state index in [-0.39, 0.29) is 11.5 Å². The monoisotopic (exact) mass is 300 g/mol. The molecule has 5 heteroatoms. The third-order valence-electron chi connectivity index (χ3n) is 3.44. The maximum atomic E-state index is 12.3. The minimum atomic E-state index is -0.440. The van der Waals surface area contributed by atoms with Crippen molar-refractivity contribution in [2.45, 2.75) is 18.9 Å². The van der Waals surface area contributed by atoms with Gasteiger partial charge in [0.2, 0.25) is 0 Å². The molecule has 0 fully saturated rings. The summed E-state index contributed by atoms with van der Waals surface area (Å²) in [7, 11) is 0. The molecule has 1 aliphatic rings. The maximum absolute atomic E-state index is 12.3. The lowest BCUT2D eigenvalue weighted by molar-refractivity contribution is -0.119. The lowest BCUT2D eigenvalue weighted by Crippen LogP contribution is -2.47. The van der Waals surface area contributed by atoms with Crippen molar-refractivity contribution in [1.29, 1.82) is 5.26 Å². The van der Waals surface area contributed by atoms with Crippen LogP contribution in [0.3, 0.4) is 0 Å². The highest BCUT2D eigenvalue weighted by molar-refractivity contribution is 7.11. The molecule has 3 nitrogen and oxygen atoms in total. The first-order valence-corrected chi connectivity index (χ1v) is 7.93. The first-order chi connectivity index (χ1) is 9.64. The van der Waals surface area contributed by atoms with Gasteiger partial charge in [-0.3, -0.25) is 4.79 Å². The van der Waals surface area contributed by atoms with Crippen LogP contribution in [0.15, 0.2) is 40.6 Å². The predicted molar refractivity (Wildman–Crippen MR) is 81.3 cm³/mol. The van der Waals surface area contributed by atoms with Crippen molar-refractivity contribution < 1.29 is 4.79 Å². The van der Waals surface area contributed by atoms with E-state index in [0.29, 0.717) is 6.42 Å². The number of hydrogen-bond donors (Lipinski definition) is 1. The van der Waals surface area contributed by atoms with Gasteiger partial charge in [0.05, 0.1) is 5.54 Å². The van der Waals surface area contributed by atoms with Crippen LogP contribution in [0.4, 0.5) is 0 Å². The Morgan fingerprint density at radius 2 is 2.05 bits per heavy atom. The van der Waals surface area contributed by atoms with E-state index in [0.717, 1.165) is 15.3 Å². The van der Waals surface area contributed by atoms with Crippen molar-refractivity contribution in [3.63, 3.8) is 0 Å². The van der Waals surface area contributed by atoms with Gasteiger partial charge in [-0.05, 0) is 35.4 Å². The minimum Gasteiger partial charge on any atom is -0.341 e. The molecular formula is C15H12N2OS2. The van der Waals surface area contributed by atoms with Gasteiger partial charge in [-0.2, -0.15) is 5.26 Å². The van der Waals surface area contributed by atoms with Crippen LogP contribution in [0.1, 0.15) is 23.1 Å². The number of thiophene rings is 2. The number of rotatable bonds is 2. The summed E-state index contributed by atoms with van der Waals surface area (Å²) in [6.07, 6.45) is 0.642. The van der Waals surface area contributed by atoms with Gasteiger partial charge in [0.1, 0.15) is 11.6 Å². The Morgan fingerprint density at radius 1 is 1.30 bits per heavy atom. The highest BCUT2D eigenvalue weighted by Gasteiger charge is 2.38. The molecule has 1 amide bonds. The molecule has 0 spiro atoms. The highest BCUT2D eigenvalue weighted by atomic mass is 32.1. The van der Waals surface area contributed by atoms with Crippen molar-refractivity contribution in [2.24, 2.45) is 0 Å². The van der Waals surface area contributed by atoms with Crippen molar-refractivity contribution in [2.75, 3.05) is 0 Å². The number of hydrogen-bond acceptors (Lipinski definition) is 4. The molecule has 1 N–H and O–H groups in total. The summed E-state index contributed by atoms with van der Waals surface area (Å²) in [5, 5.41) is 16.2. The minimum absolute atomic E-state index is 0.237. The van der Waals surface area contributed by atoms with Crippen LogP contribution in [0, 0.1) is 11.3 Å². The standard InChI is InChI=1S/C15H12N2OS2/c1-15(13-5-3-7-20-13)8-10(12-4-2-6-19-12)11(9-16)14(18)17-15/h2-7H,8H2,1H3,(H,17,18)/t15-/m1/s1. The Balaban J connectivity index is 2.11. The number of nitrogens with one attached hydrogen (secondary N) is 1. The quantitative estimate of drug-likeness (QED) is 0.922. The lowest BCUT2D eigenvalue weighted by Gasteiger charge is -2.34. The first-order valence-electron chi connectivity index (χ1n) is 6.18. The number of carbonyl (C=O) groups is 1. The Bertz CT molecular complexity index is 708. The molecule has 2 aromatic heterocycles. The summed E-state index contributed by atoms with van der Waals surface area (Å²) in [5.41, 5.74) is 0.647. The van der Waals surface area contributed by atoms with E-state index in [1.165, 1.54) is 0 Å². The van der Waals surface area contributed by atoms with E-state index in [2.05, 4.69) is 11.4 Å². The van der Waals surface area contributed by atoms with Crippen molar-refractivity contribution in [3.05, 3.63) is 50.4 Å². The molecule has 3 rings (SSSR count). The van der Waals surface area contributed by atoms with E-state index in [9.17, 15) is 10.1 Å². The molecule has 0 radical (unpaired) electrons. The molecule has 0 aliphatic carbocycles. The number of amides is 1. The summed E-state index contributed by atoms with van der Waals surface area (Å²) in [6.45, 7) is 2.01. The van der Waals surface area contributed by atoms with Crippen molar-refractivity contribution in [3.8, 4) is 6.07 Å². The third-order valence-corrected chi connectivity index (χ3v) is 5.51. The smallest absolute Gasteiger partial charge is 0.262 e. The van der Waals surface area contributed by atoms with E-state index >= 15 is 0 Å². The zero-order chi connectivity index (χ0) is 14.2. The summed E-state index contributed by atoms with van der Waals surface area (Å²) < 4.78 is 0. The van der Waals surface area contributed by atoms with Gasteiger partial charge in [0, 0.05) is 16.2 Å². The van der Waals surface area contributed by atoms with Gasteiger partial charge < -0.3 is 5.32 Å². The molecule has 0 unspecified atom stereocenters. The molecule has 0 bridgehead atoms. The highest BCUT2D eigenvalue weighted by Crippen LogP contribution is 2.40. The molecule has 3 heterocycles. The zero-order valence-electron chi connectivity index (χ0n) is 10.8. The molecule has 0 saturated carbocycles. The third kappa shape index (κ3) is 2.07. The Labute approximate surface area is 125 Å². The van der Waals surface area contributed by atoms with E-state index in [1.54, 1.807) is 22.7 Å². The van der Waals surface area contributed by atoms with E-state index in [4.69, 9.17) is 0 Å². The largest absolute Gasteiger partial charge is 0.341 e. The molecule has 100 valence electrons. The van der Waals surface area contributed by atoms with E-state index in [1.807, 2.05) is 41.9 Å². The van der Waals surface area contributed by atoms with Crippen LogP contribution in [-0.2, 0) is 10.3 Å². The lowest BCUT2D eigenvalue weighted by atomic mass is 9.84.